The molecule has 0 saturated carbocycles. The second-order valence-electron chi connectivity index (χ2n) is 4.58. The number of nitrogens with zero attached hydrogens (tertiary/aromatic N) is 2. The fourth-order valence-electron chi connectivity index (χ4n) is 2.28. The lowest BCUT2D eigenvalue weighted by Crippen LogP contribution is -2.04. The Bertz CT molecular complexity index is 746. The van der Waals surface area contributed by atoms with Crippen LogP contribution in [0.25, 0.3) is 11.0 Å². The Morgan fingerprint density at radius 1 is 1.21 bits per heavy atom. The molecule has 0 aliphatic heterocycles. The van der Waals surface area contributed by atoms with Crippen LogP contribution in [0.1, 0.15) is 11.4 Å². The zero-order valence-electron chi connectivity index (χ0n) is 10.6. The monoisotopic (exact) mass is 271 g/mol. The van der Waals surface area contributed by atoms with Crippen LogP contribution in [0, 0.1) is 6.92 Å². The third-order valence-corrected chi connectivity index (χ3v) is 3.51. The van der Waals surface area contributed by atoms with Gasteiger partial charge >= 0.3 is 0 Å². The lowest BCUT2D eigenvalue weighted by molar-refractivity contribution is 0.788. The zero-order chi connectivity index (χ0) is 13.4. The standard InChI is InChI=1S/C15H14ClN3/c1-10-18-14-4-2-3-5-15(14)19(10)9-11-8-12(16)6-7-13(11)17/h2-8H,9,17H2,1H3. The number of aromatic nitrogens is 2. The Hall–Kier alpha value is -2.00. The zero-order valence-corrected chi connectivity index (χ0v) is 11.4. The number of anilines is 1. The molecule has 1 aromatic heterocycles. The molecule has 0 amide bonds. The van der Waals surface area contributed by atoms with Crippen molar-refractivity contribution in [2.45, 2.75) is 13.5 Å². The minimum atomic E-state index is 0.679. The Kier molecular flexibility index (Phi) is 2.91. The van der Waals surface area contributed by atoms with Crippen LogP contribution >= 0.6 is 11.6 Å². The molecule has 0 atom stereocenters. The maximum atomic E-state index is 6.03. The molecule has 1 heterocycles. The molecule has 0 bridgehead atoms. The van der Waals surface area contributed by atoms with E-state index in [1.165, 1.54) is 0 Å². The molecule has 2 N–H and O–H groups in total. The molecule has 0 fully saturated rings. The molecular weight excluding hydrogens is 258 g/mol. The molecule has 2 aromatic carbocycles. The summed E-state index contributed by atoms with van der Waals surface area (Å²) in [5.41, 5.74) is 9.88. The molecule has 3 nitrogen and oxygen atoms in total. The summed E-state index contributed by atoms with van der Waals surface area (Å²) in [6, 6.07) is 13.6. The van der Waals surface area contributed by atoms with Crippen LogP contribution in [0.15, 0.2) is 42.5 Å². The van der Waals surface area contributed by atoms with E-state index < -0.39 is 0 Å². The van der Waals surface area contributed by atoms with Crippen molar-refractivity contribution in [3.63, 3.8) is 0 Å². The normalized spacial score (nSPS) is 11.1. The van der Waals surface area contributed by atoms with Crippen molar-refractivity contribution in [1.29, 1.82) is 0 Å². The van der Waals surface area contributed by atoms with Crippen molar-refractivity contribution in [2.24, 2.45) is 0 Å². The smallest absolute Gasteiger partial charge is 0.107 e. The number of benzene rings is 2. The van der Waals surface area contributed by atoms with Gasteiger partial charge < -0.3 is 10.3 Å². The van der Waals surface area contributed by atoms with Gasteiger partial charge in [0, 0.05) is 10.7 Å². The lowest BCUT2D eigenvalue weighted by atomic mass is 10.2. The van der Waals surface area contributed by atoms with Gasteiger partial charge in [-0.25, -0.2) is 4.98 Å². The topological polar surface area (TPSA) is 43.8 Å². The van der Waals surface area contributed by atoms with E-state index in [9.17, 15) is 0 Å². The van der Waals surface area contributed by atoms with Gasteiger partial charge in [-0.2, -0.15) is 0 Å². The molecule has 0 aliphatic rings. The molecule has 0 unspecified atom stereocenters. The molecular formula is C15H14ClN3. The number of nitrogens with two attached hydrogens (primary N) is 1. The summed E-state index contributed by atoms with van der Waals surface area (Å²) >= 11 is 6.03. The number of nitrogen functional groups attached to an aromatic ring is 1. The lowest BCUT2D eigenvalue weighted by Gasteiger charge is -2.10. The van der Waals surface area contributed by atoms with E-state index in [1.54, 1.807) is 6.07 Å². The number of aryl methyl sites for hydroxylation is 1. The summed E-state index contributed by atoms with van der Waals surface area (Å²) in [5.74, 6) is 0.973. The Balaban J connectivity index is 2.10. The van der Waals surface area contributed by atoms with Gasteiger partial charge in [-0.05, 0) is 42.8 Å². The number of imidazole rings is 1. The summed E-state index contributed by atoms with van der Waals surface area (Å²) in [6.45, 7) is 2.68. The van der Waals surface area contributed by atoms with Gasteiger partial charge in [-0.3, -0.25) is 0 Å². The molecule has 0 radical (unpaired) electrons. The number of para-hydroxylation sites is 2. The predicted octanol–water partition coefficient (Wildman–Crippen LogP) is 3.63. The fraction of sp³-hybridized carbons (Fsp3) is 0.133. The van der Waals surface area contributed by atoms with Gasteiger partial charge in [0.2, 0.25) is 0 Å². The van der Waals surface area contributed by atoms with Gasteiger partial charge in [0.15, 0.2) is 0 Å². The first-order chi connectivity index (χ1) is 9.15. The van der Waals surface area contributed by atoms with E-state index in [-0.39, 0.29) is 0 Å². The fourth-order valence-corrected chi connectivity index (χ4v) is 2.47. The van der Waals surface area contributed by atoms with E-state index in [4.69, 9.17) is 17.3 Å². The Morgan fingerprint density at radius 3 is 2.84 bits per heavy atom. The van der Waals surface area contributed by atoms with Gasteiger partial charge in [-0.15, -0.1) is 0 Å². The molecule has 0 spiro atoms. The number of hydrogen-bond donors (Lipinski definition) is 1. The highest BCUT2D eigenvalue weighted by molar-refractivity contribution is 6.30. The number of rotatable bonds is 2. The summed E-state index contributed by atoms with van der Waals surface area (Å²) < 4.78 is 2.15. The first-order valence-electron chi connectivity index (χ1n) is 6.11. The SMILES string of the molecule is Cc1nc2ccccc2n1Cc1cc(Cl)ccc1N. The first-order valence-corrected chi connectivity index (χ1v) is 6.49. The van der Waals surface area contributed by atoms with Gasteiger partial charge in [0.05, 0.1) is 17.6 Å². The first kappa shape index (κ1) is 12.1. The molecule has 96 valence electrons. The van der Waals surface area contributed by atoms with Gasteiger partial charge in [0.25, 0.3) is 0 Å². The molecule has 4 heteroatoms. The van der Waals surface area contributed by atoms with E-state index in [2.05, 4.69) is 15.6 Å². The maximum Gasteiger partial charge on any atom is 0.107 e. The largest absolute Gasteiger partial charge is 0.398 e. The molecule has 0 saturated heterocycles. The average molecular weight is 272 g/mol. The molecule has 0 aliphatic carbocycles. The average Bonchev–Trinajstić information content (AvgIpc) is 2.71. The van der Waals surface area contributed by atoms with Crippen LogP contribution in [-0.4, -0.2) is 9.55 Å². The van der Waals surface area contributed by atoms with E-state index in [0.717, 1.165) is 28.1 Å². The maximum absolute atomic E-state index is 6.03. The number of fused-ring (bicyclic) bond motifs is 1. The summed E-state index contributed by atoms with van der Waals surface area (Å²) in [5, 5.41) is 0.700. The van der Waals surface area contributed by atoms with Crippen LogP contribution in [0.3, 0.4) is 0 Å². The minimum Gasteiger partial charge on any atom is -0.398 e. The predicted molar refractivity (Wildman–Crippen MR) is 79.4 cm³/mol. The third kappa shape index (κ3) is 2.17. The van der Waals surface area contributed by atoms with Gasteiger partial charge in [-0.1, -0.05) is 23.7 Å². The van der Waals surface area contributed by atoms with Crippen molar-refractivity contribution in [3.05, 3.63) is 58.9 Å². The van der Waals surface area contributed by atoms with Crippen LogP contribution in [-0.2, 0) is 6.54 Å². The van der Waals surface area contributed by atoms with Crippen molar-refractivity contribution < 1.29 is 0 Å². The summed E-state index contributed by atoms with van der Waals surface area (Å²) in [6.07, 6.45) is 0. The molecule has 3 aromatic rings. The van der Waals surface area contributed by atoms with Crippen molar-refractivity contribution in [1.82, 2.24) is 9.55 Å². The Labute approximate surface area is 116 Å². The van der Waals surface area contributed by atoms with Gasteiger partial charge in [0.1, 0.15) is 5.82 Å². The summed E-state index contributed by atoms with van der Waals surface area (Å²) in [7, 11) is 0. The number of halogens is 1. The summed E-state index contributed by atoms with van der Waals surface area (Å²) in [4.78, 5) is 4.55. The van der Waals surface area contributed by atoms with E-state index in [1.807, 2.05) is 37.3 Å². The second kappa shape index (κ2) is 4.59. The van der Waals surface area contributed by atoms with Crippen LogP contribution in [0.2, 0.25) is 5.02 Å². The highest BCUT2D eigenvalue weighted by Gasteiger charge is 2.09. The van der Waals surface area contributed by atoms with Crippen LogP contribution in [0.5, 0.6) is 0 Å². The second-order valence-corrected chi connectivity index (χ2v) is 5.01. The van der Waals surface area contributed by atoms with E-state index >= 15 is 0 Å². The highest BCUT2D eigenvalue weighted by Crippen LogP contribution is 2.22. The molecule has 19 heavy (non-hydrogen) atoms. The molecule has 3 rings (SSSR count). The third-order valence-electron chi connectivity index (χ3n) is 3.28. The number of hydrogen-bond acceptors (Lipinski definition) is 2. The van der Waals surface area contributed by atoms with Crippen LogP contribution in [0.4, 0.5) is 5.69 Å². The van der Waals surface area contributed by atoms with Crippen LogP contribution < -0.4 is 5.73 Å². The van der Waals surface area contributed by atoms with Crippen molar-refractivity contribution >= 4 is 28.3 Å². The van der Waals surface area contributed by atoms with Crippen molar-refractivity contribution in [2.75, 3.05) is 5.73 Å². The Morgan fingerprint density at radius 2 is 2.00 bits per heavy atom. The minimum absolute atomic E-state index is 0.679. The van der Waals surface area contributed by atoms with Crippen molar-refractivity contribution in [3.8, 4) is 0 Å². The highest BCUT2D eigenvalue weighted by atomic mass is 35.5. The van der Waals surface area contributed by atoms with E-state index in [0.29, 0.717) is 11.6 Å². The quantitative estimate of drug-likeness (QED) is 0.724.